The Hall–Kier alpha value is -1.71. The average Bonchev–Trinajstić information content (AvgIpc) is 2.77. The van der Waals surface area contributed by atoms with Gasteiger partial charge in [-0.05, 0) is 30.5 Å². The lowest BCUT2D eigenvalue weighted by Crippen LogP contribution is -2.32. The van der Waals surface area contributed by atoms with Gasteiger partial charge in [-0.15, -0.1) is 0 Å². The molecular formula is C10H9BN2O. The van der Waals surface area contributed by atoms with E-state index in [0.717, 1.165) is 31.7 Å². The van der Waals surface area contributed by atoms with Gasteiger partial charge in [0.05, 0.1) is 0 Å². The van der Waals surface area contributed by atoms with E-state index in [9.17, 15) is 4.79 Å². The average molecular weight is 184 g/mol. The van der Waals surface area contributed by atoms with E-state index in [4.69, 9.17) is 0 Å². The van der Waals surface area contributed by atoms with Crippen LogP contribution < -0.4 is 0 Å². The molecule has 0 amide bonds. The normalized spacial score (nSPS) is 17.9. The number of allylic oxidation sites excluding steroid dienone is 1. The van der Waals surface area contributed by atoms with Gasteiger partial charge in [0.15, 0.2) is 0 Å². The summed E-state index contributed by atoms with van der Waals surface area (Å²) in [6, 6.07) is 4.12. The van der Waals surface area contributed by atoms with Gasteiger partial charge in [0.25, 0.3) is 0 Å². The molecule has 0 fully saturated rings. The van der Waals surface area contributed by atoms with Crippen molar-refractivity contribution in [2.45, 2.75) is 0 Å². The van der Waals surface area contributed by atoms with Crippen molar-refractivity contribution in [1.29, 1.82) is 0 Å². The molecule has 3 rings (SSSR count). The fourth-order valence-electron chi connectivity index (χ4n) is 2.00. The van der Waals surface area contributed by atoms with E-state index in [2.05, 4.69) is 27.6 Å². The SMILES string of the molecule is O=CC1=CC2=Cc3cccn3BN2C1. The Bertz CT molecular complexity index is 458. The molecule has 0 N–H and O–H groups in total. The van der Waals surface area contributed by atoms with Crippen LogP contribution in [0.4, 0.5) is 0 Å². The van der Waals surface area contributed by atoms with Crippen molar-refractivity contribution in [2.75, 3.05) is 6.54 Å². The first-order valence-electron chi connectivity index (χ1n) is 4.64. The van der Waals surface area contributed by atoms with Crippen LogP contribution in [0.3, 0.4) is 0 Å². The van der Waals surface area contributed by atoms with E-state index in [1.165, 1.54) is 5.69 Å². The second-order valence-corrected chi connectivity index (χ2v) is 3.65. The van der Waals surface area contributed by atoms with Gasteiger partial charge in [0.2, 0.25) is 0 Å². The van der Waals surface area contributed by atoms with Crippen molar-refractivity contribution in [1.82, 2.24) is 9.29 Å². The van der Waals surface area contributed by atoms with Crippen LogP contribution in [-0.4, -0.2) is 29.7 Å². The van der Waals surface area contributed by atoms with Gasteiger partial charge < -0.3 is 9.29 Å². The molecule has 3 nitrogen and oxygen atoms in total. The number of aromatic nitrogens is 1. The van der Waals surface area contributed by atoms with Crippen LogP contribution in [0.1, 0.15) is 5.69 Å². The maximum atomic E-state index is 10.6. The first-order valence-corrected chi connectivity index (χ1v) is 4.64. The van der Waals surface area contributed by atoms with E-state index in [1.54, 1.807) is 0 Å². The van der Waals surface area contributed by atoms with Gasteiger partial charge >= 0.3 is 7.55 Å². The molecule has 4 heteroatoms. The largest absolute Gasteiger partial charge is 0.394 e. The molecule has 0 bridgehead atoms. The smallest absolute Gasteiger partial charge is 0.361 e. The van der Waals surface area contributed by atoms with Crippen LogP contribution in [-0.2, 0) is 4.79 Å². The van der Waals surface area contributed by atoms with Crippen LogP contribution in [0.2, 0.25) is 0 Å². The summed E-state index contributed by atoms with van der Waals surface area (Å²) < 4.78 is 2.17. The molecule has 14 heavy (non-hydrogen) atoms. The molecule has 0 aromatic carbocycles. The van der Waals surface area contributed by atoms with Crippen LogP contribution in [0.5, 0.6) is 0 Å². The minimum Gasteiger partial charge on any atom is -0.394 e. The second-order valence-electron chi connectivity index (χ2n) is 3.65. The lowest BCUT2D eigenvalue weighted by molar-refractivity contribution is -0.104. The van der Waals surface area contributed by atoms with E-state index in [0.29, 0.717) is 0 Å². The van der Waals surface area contributed by atoms with E-state index >= 15 is 0 Å². The van der Waals surface area contributed by atoms with Crippen LogP contribution in [0.25, 0.3) is 6.08 Å². The highest BCUT2D eigenvalue weighted by Crippen LogP contribution is 2.24. The summed E-state index contributed by atoms with van der Waals surface area (Å²) in [5.41, 5.74) is 3.22. The van der Waals surface area contributed by atoms with Crippen molar-refractivity contribution in [3.05, 3.63) is 41.4 Å². The number of hydrogen-bond donors (Lipinski definition) is 0. The van der Waals surface area contributed by atoms with E-state index < -0.39 is 0 Å². The van der Waals surface area contributed by atoms with Crippen LogP contribution in [0, 0.1) is 0 Å². The molecule has 0 radical (unpaired) electrons. The van der Waals surface area contributed by atoms with Gasteiger partial charge in [-0.1, -0.05) is 0 Å². The van der Waals surface area contributed by atoms with Crippen molar-refractivity contribution in [2.24, 2.45) is 0 Å². The first kappa shape index (κ1) is 7.68. The van der Waals surface area contributed by atoms with Gasteiger partial charge in [0, 0.05) is 23.5 Å². The Morgan fingerprint density at radius 3 is 3.21 bits per heavy atom. The molecule has 0 atom stereocenters. The zero-order chi connectivity index (χ0) is 9.54. The highest BCUT2D eigenvalue weighted by molar-refractivity contribution is 6.33. The molecule has 1 aromatic heterocycles. The third-order valence-electron chi connectivity index (χ3n) is 2.71. The lowest BCUT2D eigenvalue weighted by atomic mass is 10.0. The van der Waals surface area contributed by atoms with Crippen molar-refractivity contribution >= 4 is 19.9 Å². The highest BCUT2D eigenvalue weighted by Gasteiger charge is 2.23. The predicted molar refractivity (Wildman–Crippen MR) is 55.8 cm³/mol. The Morgan fingerprint density at radius 1 is 1.43 bits per heavy atom. The predicted octanol–water partition coefficient (Wildman–Crippen LogP) is 0.398. The number of aldehydes is 1. The molecule has 0 aliphatic carbocycles. The van der Waals surface area contributed by atoms with Gasteiger partial charge in [0.1, 0.15) is 6.29 Å². The quantitative estimate of drug-likeness (QED) is 0.466. The number of carbonyl (C=O) groups is 1. The maximum Gasteiger partial charge on any atom is 0.361 e. The molecule has 68 valence electrons. The number of carbonyl (C=O) groups excluding carboxylic acids is 1. The minimum atomic E-state index is 0.743. The molecule has 0 saturated heterocycles. The molecule has 0 spiro atoms. The number of rotatable bonds is 1. The summed E-state index contributed by atoms with van der Waals surface area (Å²) in [5, 5.41) is 0. The fraction of sp³-hybridized carbons (Fsp3) is 0.100. The summed E-state index contributed by atoms with van der Waals surface area (Å²) >= 11 is 0. The molecule has 1 aromatic rings. The van der Waals surface area contributed by atoms with Crippen LogP contribution in [0.15, 0.2) is 35.7 Å². The summed E-state index contributed by atoms with van der Waals surface area (Å²) in [6.45, 7) is 0.743. The Morgan fingerprint density at radius 2 is 2.36 bits per heavy atom. The first-order chi connectivity index (χ1) is 6.86. The third-order valence-corrected chi connectivity index (χ3v) is 2.71. The van der Waals surface area contributed by atoms with Crippen molar-refractivity contribution < 1.29 is 4.79 Å². The summed E-state index contributed by atoms with van der Waals surface area (Å²) in [6.07, 6.45) is 7.07. The number of hydrogen-bond acceptors (Lipinski definition) is 2. The minimum absolute atomic E-state index is 0.743. The Kier molecular flexibility index (Phi) is 1.45. The molecule has 3 heterocycles. The molecule has 0 saturated carbocycles. The van der Waals surface area contributed by atoms with Crippen molar-refractivity contribution in [3.63, 3.8) is 0 Å². The molecular weight excluding hydrogens is 175 g/mol. The highest BCUT2D eigenvalue weighted by atomic mass is 16.1. The second kappa shape index (κ2) is 2.64. The number of nitrogens with zero attached hydrogens (tertiary/aromatic N) is 2. The monoisotopic (exact) mass is 184 g/mol. The number of fused-ring (bicyclic) bond motifs is 2. The standard InChI is InChI=1S/C10H9BN2O/c14-7-8-4-10-5-9-2-1-3-12(9)11-13(10)6-8/h1-5,7,11H,6H2. The molecule has 0 unspecified atom stereocenters. The molecule has 2 aliphatic heterocycles. The molecule has 2 aliphatic rings. The van der Waals surface area contributed by atoms with Gasteiger partial charge in [-0.2, -0.15) is 0 Å². The van der Waals surface area contributed by atoms with Crippen molar-refractivity contribution in [3.8, 4) is 0 Å². The topological polar surface area (TPSA) is 25.2 Å². The van der Waals surface area contributed by atoms with E-state index in [-0.39, 0.29) is 0 Å². The summed E-state index contributed by atoms with van der Waals surface area (Å²) in [5.74, 6) is 0. The van der Waals surface area contributed by atoms with Gasteiger partial charge in [-0.3, -0.25) is 4.79 Å². The summed E-state index contributed by atoms with van der Waals surface area (Å²) in [7, 11) is 0.849. The Balaban J connectivity index is 2.05. The third kappa shape index (κ3) is 0.969. The maximum absolute atomic E-state index is 10.6. The fourth-order valence-corrected chi connectivity index (χ4v) is 2.00. The Labute approximate surface area is 82.6 Å². The lowest BCUT2D eigenvalue weighted by Gasteiger charge is -2.24. The van der Waals surface area contributed by atoms with Gasteiger partial charge in [-0.25, -0.2) is 0 Å². The summed E-state index contributed by atoms with van der Waals surface area (Å²) in [4.78, 5) is 12.8. The zero-order valence-electron chi connectivity index (χ0n) is 7.68. The van der Waals surface area contributed by atoms with Crippen LogP contribution >= 0.6 is 0 Å². The zero-order valence-corrected chi connectivity index (χ0v) is 7.68. The van der Waals surface area contributed by atoms with E-state index in [1.807, 2.05) is 12.1 Å².